The fraction of sp³-hybridized carbons (Fsp3) is 0.417. The lowest BCUT2D eigenvalue weighted by Gasteiger charge is -2.05. The molecular formula is C12H17BrN2. The molecule has 0 N–H and O–H groups in total. The van der Waals surface area contributed by atoms with Gasteiger partial charge in [-0.25, -0.2) is 4.99 Å². The van der Waals surface area contributed by atoms with Crippen molar-refractivity contribution < 1.29 is 0 Å². The lowest BCUT2D eigenvalue weighted by atomic mass is 10.3. The monoisotopic (exact) mass is 268 g/mol. The molecule has 0 amide bonds. The Morgan fingerprint density at radius 3 is 2.87 bits per heavy atom. The van der Waals surface area contributed by atoms with Gasteiger partial charge in [0, 0.05) is 23.4 Å². The zero-order valence-electron chi connectivity index (χ0n) is 9.50. The molecule has 3 heteroatoms. The third-order valence-electron chi connectivity index (χ3n) is 2.34. The lowest BCUT2D eigenvalue weighted by molar-refractivity contribution is 0.790. The Balaban J connectivity index is 3.00. The van der Waals surface area contributed by atoms with Crippen molar-refractivity contribution in [3.8, 4) is 0 Å². The van der Waals surface area contributed by atoms with Crippen LogP contribution in [0.15, 0.2) is 33.9 Å². The fourth-order valence-electron chi connectivity index (χ4n) is 1.21. The molecule has 2 nitrogen and oxygen atoms in total. The van der Waals surface area contributed by atoms with Crippen molar-refractivity contribution in [2.45, 2.75) is 26.7 Å². The van der Waals surface area contributed by atoms with Gasteiger partial charge in [-0.2, -0.15) is 0 Å². The summed E-state index contributed by atoms with van der Waals surface area (Å²) in [6.07, 6.45) is 6.23. The van der Waals surface area contributed by atoms with Crippen LogP contribution in [0.1, 0.15) is 25.5 Å². The number of hydrogen-bond acceptors (Lipinski definition) is 1. The quantitative estimate of drug-likeness (QED) is 0.801. The number of aromatic nitrogens is 1. The highest BCUT2D eigenvalue weighted by atomic mass is 79.9. The van der Waals surface area contributed by atoms with Crippen LogP contribution in [0.4, 0.5) is 0 Å². The van der Waals surface area contributed by atoms with Crippen LogP contribution in [0.5, 0.6) is 0 Å². The molecule has 0 saturated carbocycles. The molecule has 82 valence electrons. The summed E-state index contributed by atoms with van der Waals surface area (Å²) in [5.41, 5.74) is 2.16. The molecule has 0 aromatic carbocycles. The van der Waals surface area contributed by atoms with Crippen LogP contribution < -0.4 is 5.49 Å². The van der Waals surface area contributed by atoms with Crippen LogP contribution in [-0.2, 0) is 7.05 Å². The van der Waals surface area contributed by atoms with E-state index in [1.807, 2.05) is 25.4 Å². The molecule has 15 heavy (non-hydrogen) atoms. The average Bonchev–Trinajstić information content (AvgIpc) is 2.24. The van der Waals surface area contributed by atoms with Gasteiger partial charge in [-0.3, -0.25) is 0 Å². The minimum Gasteiger partial charge on any atom is -0.332 e. The predicted molar refractivity (Wildman–Crippen MR) is 67.5 cm³/mol. The first-order chi connectivity index (χ1) is 7.16. The minimum absolute atomic E-state index is 0.975. The highest BCUT2D eigenvalue weighted by Gasteiger charge is 1.96. The van der Waals surface area contributed by atoms with Crippen LogP contribution in [0, 0.1) is 6.92 Å². The summed E-state index contributed by atoms with van der Waals surface area (Å²) < 4.78 is 3.18. The normalized spacial score (nSPS) is 12.7. The van der Waals surface area contributed by atoms with E-state index in [0.29, 0.717) is 0 Å². The molecule has 0 fully saturated rings. The molecule has 0 radical (unpaired) electrons. The fourth-order valence-corrected chi connectivity index (χ4v) is 1.61. The number of rotatable bonds is 3. The number of unbranched alkanes of at least 4 members (excludes halogenated alkanes) is 1. The highest BCUT2D eigenvalue weighted by Crippen LogP contribution is 2.11. The highest BCUT2D eigenvalue weighted by molar-refractivity contribution is 9.10. The zero-order chi connectivity index (χ0) is 11.3. The summed E-state index contributed by atoms with van der Waals surface area (Å²) in [7, 11) is 2.02. The maximum atomic E-state index is 4.41. The molecule has 1 heterocycles. The Labute approximate surface area is 99.5 Å². The maximum Gasteiger partial charge on any atom is 0.132 e. The Bertz CT molecular complexity index is 416. The molecule has 0 atom stereocenters. The van der Waals surface area contributed by atoms with Crippen LogP contribution in [0.25, 0.3) is 0 Å². The summed E-state index contributed by atoms with van der Waals surface area (Å²) >= 11 is 3.49. The van der Waals surface area contributed by atoms with Crippen LogP contribution in [0.3, 0.4) is 0 Å². The smallest absolute Gasteiger partial charge is 0.132 e. The standard InChI is InChI=1S/C12H17BrN2/c1-4-5-6-9-14-12-8-7-11(13)10(2)15(12)3/h6-9H,4-5H2,1-3H3/b9-6+,14-12?. The number of allylic oxidation sites excluding steroid dienone is 1. The molecule has 0 aliphatic rings. The first kappa shape index (κ1) is 12.2. The van der Waals surface area contributed by atoms with Crippen molar-refractivity contribution in [3.63, 3.8) is 0 Å². The van der Waals surface area contributed by atoms with E-state index < -0.39 is 0 Å². The summed E-state index contributed by atoms with van der Waals surface area (Å²) in [5, 5.41) is 0. The summed E-state index contributed by atoms with van der Waals surface area (Å²) in [5.74, 6) is 0. The molecule has 0 saturated heterocycles. The van der Waals surface area contributed by atoms with Gasteiger partial charge in [0.1, 0.15) is 5.49 Å². The van der Waals surface area contributed by atoms with Gasteiger partial charge in [0.25, 0.3) is 0 Å². The van der Waals surface area contributed by atoms with Crippen molar-refractivity contribution in [1.29, 1.82) is 0 Å². The SMILES string of the molecule is CCC/C=C/N=c1ccc(Br)c(C)n1C. The third kappa shape index (κ3) is 3.34. The van der Waals surface area contributed by atoms with Crippen LogP contribution >= 0.6 is 15.9 Å². The van der Waals surface area contributed by atoms with Crippen molar-refractivity contribution in [2.24, 2.45) is 12.0 Å². The second kappa shape index (κ2) is 5.91. The molecule has 1 rings (SSSR count). The van der Waals surface area contributed by atoms with Gasteiger partial charge in [-0.05, 0) is 41.4 Å². The molecule has 0 bridgehead atoms. The summed E-state index contributed by atoms with van der Waals surface area (Å²) in [6, 6.07) is 4.04. The van der Waals surface area contributed by atoms with Gasteiger partial charge in [0.2, 0.25) is 0 Å². The number of nitrogens with zero attached hydrogens (tertiary/aromatic N) is 2. The molecule has 0 aliphatic carbocycles. The topological polar surface area (TPSA) is 17.3 Å². The van der Waals surface area contributed by atoms with E-state index in [4.69, 9.17) is 0 Å². The lowest BCUT2D eigenvalue weighted by Crippen LogP contribution is -2.19. The first-order valence-electron chi connectivity index (χ1n) is 5.17. The van der Waals surface area contributed by atoms with E-state index in [0.717, 1.165) is 22.8 Å². The minimum atomic E-state index is 0.975. The second-order valence-electron chi connectivity index (χ2n) is 3.49. The number of hydrogen-bond donors (Lipinski definition) is 0. The summed E-state index contributed by atoms with van der Waals surface area (Å²) in [4.78, 5) is 4.41. The number of halogens is 1. The molecule has 1 aromatic heterocycles. The van der Waals surface area contributed by atoms with E-state index in [2.05, 4.69) is 45.4 Å². The predicted octanol–water partition coefficient (Wildman–Crippen LogP) is 3.31. The van der Waals surface area contributed by atoms with E-state index in [-0.39, 0.29) is 0 Å². The van der Waals surface area contributed by atoms with Gasteiger partial charge in [0.05, 0.1) is 0 Å². The van der Waals surface area contributed by atoms with Crippen molar-refractivity contribution in [3.05, 3.63) is 40.1 Å². The van der Waals surface area contributed by atoms with Gasteiger partial charge in [0.15, 0.2) is 0 Å². The molecular weight excluding hydrogens is 252 g/mol. The van der Waals surface area contributed by atoms with Gasteiger partial charge >= 0.3 is 0 Å². The second-order valence-corrected chi connectivity index (χ2v) is 4.34. The largest absolute Gasteiger partial charge is 0.332 e. The Morgan fingerprint density at radius 2 is 2.20 bits per heavy atom. The van der Waals surface area contributed by atoms with E-state index in [1.54, 1.807) is 0 Å². The first-order valence-corrected chi connectivity index (χ1v) is 5.97. The molecule has 0 unspecified atom stereocenters. The van der Waals surface area contributed by atoms with Crippen molar-refractivity contribution in [1.82, 2.24) is 4.57 Å². The molecule has 1 aromatic rings. The van der Waals surface area contributed by atoms with E-state index >= 15 is 0 Å². The number of pyridine rings is 1. The van der Waals surface area contributed by atoms with E-state index in [9.17, 15) is 0 Å². The Morgan fingerprint density at radius 1 is 1.47 bits per heavy atom. The van der Waals surface area contributed by atoms with Crippen LogP contribution in [0.2, 0.25) is 0 Å². The zero-order valence-corrected chi connectivity index (χ0v) is 11.1. The maximum absolute atomic E-state index is 4.41. The van der Waals surface area contributed by atoms with Gasteiger partial charge in [-0.1, -0.05) is 19.4 Å². The van der Waals surface area contributed by atoms with Gasteiger partial charge in [-0.15, -0.1) is 0 Å². The average molecular weight is 269 g/mol. The van der Waals surface area contributed by atoms with Crippen LogP contribution in [-0.4, -0.2) is 4.57 Å². The Kier molecular flexibility index (Phi) is 4.82. The summed E-state index contributed by atoms with van der Waals surface area (Å²) in [6.45, 7) is 4.23. The Hall–Kier alpha value is -0.830. The molecule has 0 aliphatic heterocycles. The third-order valence-corrected chi connectivity index (χ3v) is 3.18. The molecule has 0 spiro atoms. The van der Waals surface area contributed by atoms with Crippen molar-refractivity contribution >= 4 is 15.9 Å². The van der Waals surface area contributed by atoms with E-state index in [1.165, 1.54) is 5.69 Å². The van der Waals surface area contributed by atoms with Crippen molar-refractivity contribution in [2.75, 3.05) is 0 Å². The van der Waals surface area contributed by atoms with Gasteiger partial charge < -0.3 is 4.57 Å².